The summed E-state index contributed by atoms with van der Waals surface area (Å²) < 4.78 is 40.6. The van der Waals surface area contributed by atoms with Crippen molar-refractivity contribution in [3.63, 3.8) is 0 Å². The van der Waals surface area contributed by atoms with Crippen LogP contribution in [0.25, 0.3) is 0 Å². The molecule has 8 heteroatoms. The summed E-state index contributed by atoms with van der Waals surface area (Å²) in [5.41, 5.74) is 7.46. The molecule has 0 unspecified atom stereocenters. The highest BCUT2D eigenvalue weighted by Crippen LogP contribution is 2.26. The molecule has 1 aromatic heterocycles. The lowest BCUT2D eigenvalue weighted by atomic mass is 10.0. The molecule has 0 fully saturated rings. The minimum absolute atomic E-state index is 0. The van der Waals surface area contributed by atoms with Crippen LogP contribution in [0.3, 0.4) is 0 Å². The van der Waals surface area contributed by atoms with Crippen molar-refractivity contribution in [1.82, 2.24) is 4.98 Å². The Morgan fingerprint density at radius 1 is 1.05 bits per heavy atom. The average molecular weight is 384 g/mol. The normalized spacial score (nSPS) is 12.4. The minimum Gasteiger partial charge on any atom is -0.406 e. The van der Waals surface area contributed by atoms with Crippen molar-refractivity contribution in [1.29, 1.82) is 0 Å². The molecule has 0 aliphatic heterocycles. The number of aromatic nitrogens is 1. The van der Waals surface area contributed by atoms with Gasteiger partial charge in [0, 0.05) is 6.20 Å². The van der Waals surface area contributed by atoms with Crippen LogP contribution >= 0.6 is 28.3 Å². The number of benzene rings is 1. The number of halogens is 5. The quantitative estimate of drug-likeness (QED) is 0.808. The van der Waals surface area contributed by atoms with E-state index in [9.17, 15) is 13.2 Å². The SMILES string of the molecule is Cl.N[C@H](c1ccc(OC(F)(F)F)cc1)c1ccc(Br)nc1. The maximum Gasteiger partial charge on any atom is 0.573 e. The molecule has 2 aromatic rings. The van der Waals surface area contributed by atoms with Gasteiger partial charge in [0.1, 0.15) is 10.4 Å². The summed E-state index contributed by atoms with van der Waals surface area (Å²) in [5.74, 6) is -0.276. The first-order chi connectivity index (χ1) is 9.35. The van der Waals surface area contributed by atoms with Crippen molar-refractivity contribution in [3.05, 3.63) is 58.3 Å². The molecule has 1 aromatic carbocycles. The van der Waals surface area contributed by atoms with Gasteiger partial charge in [0.2, 0.25) is 0 Å². The van der Waals surface area contributed by atoms with Gasteiger partial charge in [-0.3, -0.25) is 0 Å². The van der Waals surface area contributed by atoms with E-state index in [0.29, 0.717) is 10.2 Å². The Morgan fingerprint density at radius 2 is 1.62 bits per heavy atom. The first-order valence-electron chi connectivity index (χ1n) is 5.58. The number of hydrogen-bond acceptors (Lipinski definition) is 3. The molecule has 0 bridgehead atoms. The third kappa shape index (κ3) is 5.18. The van der Waals surface area contributed by atoms with Gasteiger partial charge >= 0.3 is 6.36 Å². The molecule has 1 heterocycles. The van der Waals surface area contributed by atoms with Crippen LogP contribution in [0.4, 0.5) is 13.2 Å². The van der Waals surface area contributed by atoms with Gasteiger partial charge in [0.05, 0.1) is 6.04 Å². The first-order valence-corrected chi connectivity index (χ1v) is 6.37. The summed E-state index contributed by atoms with van der Waals surface area (Å²) in [5, 5.41) is 0. The molecule has 0 spiro atoms. The zero-order valence-electron chi connectivity index (χ0n) is 10.5. The molecule has 0 radical (unpaired) electrons. The summed E-state index contributed by atoms with van der Waals surface area (Å²) in [4.78, 5) is 4.05. The second-order valence-electron chi connectivity index (χ2n) is 4.01. The Labute approximate surface area is 133 Å². The molecule has 21 heavy (non-hydrogen) atoms. The van der Waals surface area contributed by atoms with Crippen LogP contribution in [0.1, 0.15) is 17.2 Å². The van der Waals surface area contributed by atoms with E-state index >= 15 is 0 Å². The van der Waals surface area contributed by atoms with E-state index in [0.717, 1.165) is 5.56 Å². The molecular weight excluding hydrogens is 373 g/mol. The number of ether oxygens (including phenoxy) is 1. The standard InChI is InChI=1S/C13H10BrF3N2O.ClH/c14-11-6-3-9(7-19-11)12(18)8-1-4-10(5-2-8)20-13(15,16)17;/h1-7,12H,18H2;1H/t12-;/m1./s1. The Hall–Kier alpha value is -1.31. The van der Waals surface area contributed by atoms with Crippen molar-refractivity contribution in [2.45, 2.75) is 12.4 Å². The van der Waals surface area contributed by atoms with Crippen LogP contribution < -0.4 is 10.5 Å². The van der Waals surface area contributed by atoms with Crippen LogP contribution in [0, 0.1) is 0 Å². The second-order valence-corrected chi connectivity index (χ2v) is 4.82. The average Bonchev–Trinajstić information content (AvgIpc) is 2.38. The van der Waals surface area contributed by atoms with Gasteiger partial charge in [-0.05, 0) is 45.3 Å². The molecule has 3 nitrogen and oxygen atoms in total. The van der Waals surface area contributed by atoms with Crippen LogP contribution in [0.2, 0.25) is 0 Å². The number of alkyl halides is 3. The molecule has 0 aliphatic rings. The molecule has 0 aliphatic carbocycles. The van der Waals surface area contributed by atoms with E-state index in [1.54, 1.807) is 18.3 Å². The third-order valence-corrected chi connectivity index (χ3v) is 3.05. The van der Waals surface area contributed by atoms with Crippen molar-refractivity contribution >= 4 is 28.3 Å². The third-order valence-electron chi connectivity index (χ3n) is 2.58. The molecule has 2 rings (SSSR count). The number of nitrogens with zero attached hydrogens (tertiary/aromatic N) is 1. The largest absolute Gasteiger partial charge is 0.573 e. The van der Waals surface area contributed by atoms with E-state index in [-0.39, 0.29) is 18.2 Å². The predicted octanol–water partition coefficient (Wildman–Crippen LogP) is 4.21. The van der Waals surface area contributed by atoms with Crippen LogP contribution in [0.5, 0.6) is 5.75 Å². The Balaban J connectivity index is 0.00000220. The van der Waals surface area contributed by atoms with E-state index in [1.165, 1.54) is 24.3 Å². The van der Waals surface area contributed by atoms with Crippen molar-refractivity contribution in [3.8, 4) is 5.75 Å². The maximum absolute atomic E-state index is 12.0. The Bertz CT molecular complexity index is 575. The highest BCUT2D eigenvalue weighted by molar-refractivity contribution is 9.10. The van der Waals surface area contributed by atoms with E-state index in [4.69, 9.17) is 5.73 Å². The molecule has 0 saturated carbocycles. The molecular formula is C13H11BrClF3N2O. The summed E-state index contributed by atoms with van der Waals surface area (Å²) in [6.07, 6.45) is -3.09. The van der Waals surface area contributed by atoms with Gasteiger partial charge < -0.3 is 10.5 Å². The Morgan fingerprint density at radius 3 is 2.10 bits per heavy atom. The number of rotatable bonds is 3. The lowest BCUT2D eigenvalue weighted by Crippen LogP contribution is -2.17. The number of nitrogens with two attached hydrogens (primary N) is 1. The van der Waals surface area contributed by atoms with Gasteiger partial charge in [-0.15, -0.1) is 25.6 Å². The van der Waals surface area contributed by atoms with E-state index in [2.05, 4.69) is 25.7 Å². The van der Waals surface area contributed by atoms with Gasteiger partial charge in [0.25, 0.3) is 0 Å². The van der Waals surface area contributed by atoms with E-state index < -0.39 is 12.4 Å². The van der Waals surface area contributed by atoms with Crippen molar-refractivity contribution in [2.24, 2.45) is 5.73 Å². The fourth-order valence-electron chi connectivity index (χ4n) is 1.64. The topological polar surface area (TPSA) is 48.1 Å². The number of pyridine rings is 1. The van der Waals surface area contributed by atoms with Crippen molar-refractivity contribution < 1.29 is 17.9 Å². The van der Waals surface area contributed by atoms with Gasteiger partial charge in [-0.25, -0.2) is 4.98 Å². The summed E-state index contributed by atoms with van der Waals surface area (Å²) in [6.45, 7) is 0. The smallest absolute Gasteiger partial charge is 0.406 e. The van der Waals surface area contributed by atoms with Crippen LogP contribution in [-0.2, 0) is 0 Å². The molecule has 0 amide bonds. The van der Waals surface area contributed by atoms with Crippen LogP contribution in [-0.4, -0.2) is 11.3 Å². The molecule has 1 atom stereocenters. The minimum atomic E-state index is -4.70. The molecule has 2 N–H and O–H groups in total. The zero-order chi connectivity index (χ0) is 14.8. The number of hydrogen-bond donors (Lipinski definition) is 1. The van der Waals surface area contributed by atoms with Gasteiger partial charge in [0.15, 0.2) is 0 Å². The molecule has 114 valence electrons. The van der Waals surface area contributed by atoms with Gasteiger partial charge in [-0.2, -0.15) is 0 Å². The van der Waals surface area contributed by atoms with Crippen LogP contribution in [0.15, 0.2) is 47.2 Å². The maximum atomic E-state index is 12.0. The summed E-state index contributed by atoms with van der Waals surface area (Å²) in [7, 11) is 0. The highest BCUT2D eigenvalue weighted by atomic mass is 79.9. The van der Waals surface area contributed by atoms with E-state index in [1.807, 2.05) is 0 Å². The summed E-state index contributed by atoms with van der Waals surface area (Å²) in [6, 6.07) is 8.53. The highest BCUT2D eigenvalue weighted by Gasteiger charge is 2.31. The lowest BCUT2D eigenvalue weighted by Gasteiger charge is -2.13. The fraction of sp³-hybridized carbons (Fsp3) is 0.154. The van der Waals surface area contributed by atoms with Crippen molar-refractivity contribution in [2.75, 3.05) is 0 Å². The zero-order valence-corrected chi connectivity index (χ0v) is 12.9. The first kappa shape index (κ1) is 17.7. The summed E-state index contributed by atoms with van der Waals surface area (Å²) >= 11 is 3.21. The Kier molecular flexibility index (Phi) is 6.00. The van der Waals surface area contributed by atoms with Gasteiger partial charge in [-0.1, -0.05) is 18.2 Å². The fourth-order valence-corrected chi connectivity index (χ4v) is 1.88. The monoisotopic (exact) mass is 382 g/mol. The second kappa shape index (κ2) is 7.11. The lowest BCUT2D eigenvalue weighted by molar-refractivity contribution is -0.274. The molecule has 0 saturated heterocycles. The predicted molar refractivity (Wildman–Crippen MR) is 78.3 cm³/mol.